The molecule has 0 aromatic heterocycles. The van der Waals surface area contributed by atoms with Crippen molar-refractivity contribution in [2.75, 3.05) is 0 Å². The van der Waals surface area contributed by atoms with Crippen molar-refractivity contribution in [2.24, 2.45) is 0 Å². The Labute approximate surface area is 58.4 Å². The average Bonchev–Trinajstić information content (AvgIpc) is 1.95. The van der Waals surface area contributed by atoms with Crippen molar-refractivity contribution in [3.8, 4) is 0 Å². The Morgan fingerprint density at radius 3 is 2.36 bits per heavy atom. The summed E-state index contributed by atoms with van der Waals surface area (Å²) in [7, 11) is 0. The molecule has 1 N–H and O–H groups in total. The van der Waals surface area contributed by atoms with Gasteiger partial charge in [0.15, 0.2) is 5.83 Å². The van der Waals surface area contributed by atoms with Gasteiger partial charge >= 0.3 is 6.04 Å². The van der Waals surface area contributed by atoms with Crippen LogP contribution in [0.5, 0.6) is 0 Å². The SMILES string of the molecule is OC1(F)OC=C(F)C(F)=C1F. The molecule has 1 aliphatic rings. The number of rotatable bonds is 0. The smallest absolute Gasteiger partial charge is 0.419 e. The van der Waals surface area contributed by atoms with E-state index >= 15 is 0 Å². The zero-order chi connectivity index (χ0) is 8.65. The van der Waals surface area contributed by atoms with E-state index in [1.54, 1.807) is 0 Å². The third-order valence-electron chi connectivity index (χ3n) is 0.992. The summed E-state index contributed by atoms with van der Waals surface area (Å²) in [6, 6.07) is -3.89. The van der Waals surface area contributed by atoms with E-state index in [0.717, 1.165) is 0 Å². The summed E-state index contributed by atoms with van der Waals surface area (Å²) in [4.78, 5) is 0. The van der Waals surface area contributed by atoms with Gasteiger partial charge in [0.1, 0.15) is 6.26 Å². The van der Waals surface area contributed by atoms with Gasteiger partial charge in [-0.1, -0.05) is 0 Å². The molecule has 1 aliphatic heterocycles. The quantitative estimate of drug-likeness (QED) is 0.559. The minimum absolute atomic E-state index is 0.0571. The Morgan fingerprint density at radius 1 is 1.36 bits per heavy atom. The van der Waals surface area contributed by atoms with Crippen LogP contribution in [0.2, 0.25) is 0 Å². The summed E-state index contributed by atoms with van der Waals surface area (Å²) in [5.74, 6) is -6.12. The first-order chi connectivity index (χ1) is 4.95. The molecule has 0 bridgehead atoms. The van der Waals surface area contributed by atoms with Crippen molar-refractivity contribution >= 4 is 0 Å². The van der Waals surface area contributed by atoms with Crippen molar-refractivity contribution in [1.82, 2.24) is 0 Å². The van der Waals surface area contributed by atoms with Crippen LogP contribution in [0.3, 0.4) is 0 Å². The van der Waals surface area contributed by atoms with E-state index in [0.29, 0.717) is 0 Å². The molecule has 0 fully saturated rings. The second-order valence-corrected chi connectivity index (χ2v) is 1.77. The van der Waals surface area contributed by atoms with Crippen molar-refractivity contribution in [3.05, 3.63) is 23.7 Å². The fourth-order valence-electron chi connectivity index (χ4n) is 0.473. The lowest BCUT2D eigenvalue weighted by atomic mass is 10.3. The Kier molecular flexibility index (Phi) is 1.63. The minimum atomic E-state index is -3.89. The highest BCUT2D eigenvalue weighted by atomic mass is 19.2. The van der Waals surface area contributed by atoms with Crippen LogP contribution in [-0.2, 0) is 4.74 Å². The van der Waals surface area contributed by atoms with Gasteiger partial charge in [-0.15, -0.1) is 0 Å². The minimum Gasteiger partial charge on any atom is -0.435 e. The second kappa shape index (κ2) is 2.23. The van der Waals surface area contributed by atoms with E-state index in [9.17, 15) is 17.6 Å². The van der Waals surface area contributed by atoms with Crippen LogP contribution >= 0.6 is 0 Å². The van der Waals surface area contributed by atoms with Crippen LogP contribution < -0.4 is 0 Å². The molecule has 1 atom stereocenters. The molecule has 0 aromatic rings. The largest absolute Gasteiger partial charge is 0.435 e. The van der Waals surface area contributed by atoms with E-state index in [4.69, 9.17) is 5.11 Å². The fourth-order valence-corrected chi connectivity index (χ4v) is 0.473. The van der Waals surface area contributed by atoms with Crippen LogP contribution in [-0.4, -0.2) is 11.1 Å². The number of hydrogen-bond donors (Lipinski definition) is 1. The van der Waals surface area contributed by atoms with Crippen LogP contribution in [0.25, 0.3) is 0 Å². The predicted molar refractivity (Wildman–Crippen MR) is 25.6 cm³/mol. The van der Waals surface area contributed by atoms with Crippen molar-refractivity contribution in [2.45, 2.75) is 6.04 Å². The van der Waals surface area contributed by atoms with Gasteiger partial charge < -0.3 is 9.84 Å². The lowest BCUT2D eigenvalue weighted by molar-refractivity contribution is -0.248. The third kappa shape index (κ3) is 1.21. The summed E-state index contributed by atoms with van der Waals surface area (Å²) in [6.07, 6.45) is -0.0571. The number of allylic oxidation sites excluding steroid dienone is 2. The monoisotopic (exact) mass is 170 g/mol. The molecule has 0 aliphatic carbocycles. The number of halogens is 4. The Morgan fingerprint density at radius 2 is 1.91 bits per heavy atom. The molecule has 0 aromatic carbocycles. The van der Waals surface area contributed by atoms with Crippen LogP contribution in [0.4, 0.5) is 17.6 Å². The highest BCUT2D eigenvalue weighted by Crippen LogP contribution is 2.34. The van der Waals surface area contributed by atoms with E-state index in [2.05, 4.69) is 4.74 Å². The number of alkyl halides is 1. The highest BCUT2D eigenvalue weighted by Gasteiger charge is 2.42. The summed E-state index contributed by atoms with van der Waals surface area (Å²) >= 11 is 0. The molecule has 1 heterocycles. The molecule has 0 spiro atoms. The summed E-state index contributed by atoms with van der Waals surface area (Å²) in [5.41, 5.74) is 0. The Bertz CT molecular complexity index is 243. The van der Waals surface area contributed by atoms with Gasteiger partial charge in [0, 0.05) is 0 Å². The van der Waals surface area contributed by atoms with Crippen molar-refractivity contribution in [3.63, 3.8) is 0 Å². The number of ether oxygens (including phenoxy) is 1. The molecule has 0 amide bonds. The fraction of sp³-hybridized carbons (Fsp3) is 0.200. The second-order valence-electron chi connectivity index (χ2n) is 1.77. The van der Waals surface area contributed by atoms with Gasteiger partial charge in [0.25, 0.3) is 0 Å². The molecule has 62 valence electrons. The molecule has 0 radical (unpaired) electrons. The number of aliphatic hydroxyl groups is 1. The van der Waals surface area contributed by atoms with E-state index in [-0.39, 0.29) is 6.26 Å². The highest BCUT2D eigenvalue weighted by molar-refractivity contribution is 5.25. The first kappa shape index (κ1) is 8.06. The molecule has 11 heavy (non-hydrogen) atoms. The van der Waals surface area contributed by atoms with Crippen molar-refractivity contribution < 1.29 is 27.4 Å². The Hall–Kier alpha value is -1.04. The molecule has 2 nitrogen and oxygen atoms in total. The summed E-state index contributed by atoms with van der Waals surface area (Å²) in [5, 5.41) is 8.16. The van der Waals surface area contributed by atoms with Crippen LogP contribution in [0, 0.1) is 0 Å². The molecule has 6 heteroatoms. The first-order valence-corrected chi connectivity index (χ1v) is 2.46. The first-order valence-electron chi connectivity index (χ1n) is 2.46. The normalized spacial score (nSPS) is 31.5. The molecule has 1 rings (SSSR count). The summed E-state index contributed by atoms with van der Waals surface area (Å²) < 4.78 is 51.7. The van der Waals surface area contributed by atoms with E-state index in [1.165, 1.54) is 0 Å². The maximum atomic E-state index is 12.1. The van der Waals surface area contributed by atoms with Crippen LogP contribution in [0.1, 0.15) is 0 Å². The molecule has 1 unspecified atom stereocenters. The maximum Gasteiger partial charge on any atom is 0.419 e. The lowest BCUT2D eigenvalue weighted by Gasteiger charge is -2.18. The number of hydrogen-bond acceptors (Lipinski definition) is 2. The summed E-state index contributed by atoms with van der Waals surface area (Å²) in [6.45, 7) is 0. The predicted octanol–water partition coefficient (Wildman–Crippen LogP) is 1.59. The Balaban J connectivity index is 3.07. The molecule has 0 saturated carbocycles. The van der Waals surface area contributed by atoms with Crippen LogP contribution in [0.15, 0.2) is 23.7 Å². The van der Waals surface area contributed by atoms with Crippen molar-refractivity contribution in [1.29, 1.82) is 0 Å². The van der Waals surface area contributed by atoms with Gasteiger partial charge in [-0.3, -0.25) is 0 Å². The average molecular weight is 170 g/mol. The van der Waals surface area contributed by atoms with Gasteiger partial charge in [-0.05, 0) is 0 Å². The van der Waals surface area contributed by atoms with Gasteiger partial charge in [0.2, 0.25) is 11.7 Å². The topological polar surface area (TPSA) is 29.5 Å². The van der Waals surface area contributed by atoms with E-state index in [1.807, 2.05) is 0 Å². The van der Waals surface area contributed by atoms with Gasteiger partial charge in [-0.2, -0.15) is 8.78 Å². The van der Waals surface area contributed by atoms with Gasteiger partial charge in [0.05, 0.1) is 0 Å². The van der Waals surface area contributed by atoms with Gasteiger partial charge in [-0.25, -0.2) is 8.78 Å². The standard InChI is InChI=1S/C5H2F4O2/c6-2-1-11-5(9,10)4(8)3(2)7/h1,10H. The molecular formula is C5H2F4O2. The zero-order valence-electron chi connectivity index (χ0n) is 4.94. The molecular weight excluding hydrogens is 168 g/mol. The third-order valence-corrected chi connectivity index (χ3v) is 0.992. The van der Waals surface area contributed by atoms with E-state index < -0.39 is 23.5 Å². The lowest BCUT2D eigenvalue weighted by Crippen LogP contribution is -2.28. The zero-order valence-corrected chi connectivity index (χ0v) is 4.94. The maximum absolute atomic E-state index is 12.1. The molecule has 0 saturated heterocycles.